The van der Waals surface area contributed by atoms with Gasteiger partial charge in [-0.15, -0.1) is 0 Å². The molecule has 2 heterocycles. The van der Waals surface area contributed by atoms with Crippen molar-refractivity contribution in [3.05, 3.63) is 35.6 Å². The zero-order valence-electron chi connectivity index (χ0n) is 18.4. The largest absolute Gasteiger partial charge is 0.376 e. The highest BCUT2D eigenvalue weighted by molar-refractivity contribution is 6.05. The molecule has 0 N–H and O–H groups in total. The van der Waals surface area contributed by atoms with Gasteiger partial charge in [0, 0.05) is 13.2 Å². The highest BCUT2D eigenvalue weighted by Crippen LogP contribution is 2.38. The van der Waals surface area contributed by atoms with E-state index in [1.807, 2.05) is 0 Å². The Morgan fingerprint density at radius 3 is 2.13 bits per heavy atom. The minimum absolute atomic E-state index is 0.0226. The lowest BCUT2D eigenvalue weighted by atomic mass is 9.81. The first-order valence-electron chi connectivity index (χ1n) is 12.0. The Labute approximate surface area is 184 Å². The van der Waals surface area contributed by atoms with Crippen LogP contribution in [0.4, 0.5) is 4.39 Å². The van der Waals surface area contributed by atoms with Gasteiger partial charge in [-0.05, 0) is 81.8 Å². The molecule has 31 heavy (non-hydrogen) atoms. The van der Waals surface area contributed by atoms with Crippen LogP contribution in [0.15, 0.2) is 24.3 Å². The highest BCUT2D eigenvalue weighted by Gasteiger charge is 2.47. The predicted octanol–water partition coefficient (Wildman–Crippen LogP) is 4.01. The van der Waals surface area contributed by atoms with E-state index in [-0.39, 0.29) is 29.5 Å². The number of benzene rings is 1. The maximum absolute atomic E-state index is 12.9. The van der Waals surface area contributed by atoms with Crippen molar-refractivity contribution in [2.45, 2.75) is 58.0 Å². The number of piperidine rings is 1. The lowest BCUT2D eigenvalue weighted by Crippen LogP contribution is -2.36. The van der Waals surface area contributed by atoms with Crippen LogP contribution in [0.2, 0.25) is 0 Å². The topological polar surface area (TPSA) is 49.9 Å². The summed E-state index contributed by atoms with van der Waals surface area (Å²) in [7, 11) is 0. The molecule has 1 aromatic carbocycles. The van der Waals surface area contributed by atoms with E-state index in [1.54, 1.807) is 17.0 Å². The molecule has 1 saturated carbocycles. The van der Waals surface area contributed by atoms with Crippen molar-refractivity contribution in [3.8, 4) is 0 Å². The van der Waals surface area contributed by atoms with Crippen molar-refractivity contribution in [3.63, 3.8) is 0 Å². The Morgan fingerprint density at radius 2 is 1.48 bits per heavy atom. The number of hydrogen-bond donors (Lipinski definition) is 0. The van der Waals surface area contributed by atoms with Gasteiger partial charge < -0.3 is 9.64 Å². The van der Waals surface area contributed by atoms with Gasteiger partial charge in [0.15, 0.2) is 0 Å². The van der Waals surface area contributed by atoms with Crippen LogP contribution < -0.4 is 0 Å². The first kappa shape index (κ1) is 22.4. The standard InChI is InChI=1S/C25H35FN2O3/c26-21-9-7-19(8-10-21)17-31-18-20-11-15-27(16-12-20)13-3-4-14-28-24(29)22-5-1-2-6-23(22)25(28)30/h7-10,20,22-23H,1-6,11-18H2. The molecule has 0 bridgehead atoms. The fourth-order valence-electron chi connectivity index (χ4n) is 5.36. The third-order valence-corrected chi connectivity index (χ3v) is 7.28. The van der Waals surface area contributed by atoms with Gasteiger partial charge in [-0.1, -0.05) is 25.0 Å². The van der Waals surface area contributed by atoms with E-state index in [9.17, 15) is 14.0 Å². The number of hydrogen-bond acceptors (Lipinski definition) is 4. The number of ether oxygens (including phenoxy) is 1. The van der Waals surface area contributed by atoms with Crippen LogP contribution in [-0.4, -0.2) is 54.4 Å². The second-order valence-electron chi connectivity index (χ2n) is 9.46. The number of imide groups is 1. The third kappa shape index (κ3) is 5.72. The van der Waals surface area contributed by atoms with Gasteiger partial charge >= 0.3 is 0 Å². The van der Waals surface area contributed by atoms with E-state index in [2.05, 4.69) is 4.90 Å². The molecule has 2 aliphatic heterocycles. The lowest BCUT2D eigenvalue weighted by Gasteiger charge is -2.32. The molecular weight excluding hydrogens is 395 g/mol. The number of rotatable bonds is 9. The Kier molecular flexibility index (Phi) is 7.72. The second-order valence-corrected chi connectivity index (χ2v) is 9.46. The highest BCUT2D eigenvalue weighted by atomic mass is 19.1. The molecule has 2 saturated heterocycles. The Bertz CT molecular complexity index is 722. The molecule has 0 radical (unpaired) electrons. The van der Waals surface area contributed by atoms with Gasteiger partial charge in [0.1, 0.15) is 5.82 Å². The second kappa shape index (κ2) is 10.7. The quantitative estimate of drug-likeness (QED) is 0.439. The lowest BCUT2D eigenvalue weighted by molar-refractivity contribution is -0.140. The van der Waals surface area contributed by atoms with Crippen LogP contribution in [0.5, 0.6) is 0 Å². The molecule has 3 aliphatic rings. The number of halogens is 1. The zero-order valence-corrected chi connectivity index (χ0v) is 18.4. The Hall–Kier alpha value is -1.79. The molecule has 170 valence electrons. The van der Waals surface area contributed by atoms with E-state index in [0.29, 0.717) is 19.1 Å². The molecule has 2 amide bonds. The van der Waals surface area contributed by atoms with Crippen molar-refractivity contribution >= 4 is 11.8 Å². The molecule has 4 rings (SSSR count). The van der Waals surface area contributed by atoms with Gasteiger partial charge in [0.2, 0.25) is 11.8 Å². The number of unbranched alkanes of at least 4 members (excludes halogenated alkanes) is 1. The summed E-state index contributed by atoms with van der Waals surface area (Å²) in [5.41, 5.74) is 1.01. The van der Waals surface area contributed by atoms with Gasteiger partial charge in [-0.2, -0.15) is 0 Å². The van der Waals surface area contributed by atoms with Crippen molar-refractivity contribution in [2.24, 2.45) is 17.8 Å². The fourth-order valence-corrected chi connectivity index (χ4v) is 5.36. The van der Waals surface area contributed by atoms with E-state index < -0.39 is 0 Å². The van der Waals surface area contributed by atoms with Crippen LogP contribution in [0.25, 0.3) is 0 Å². The number of carbonyl (C=O) groups excluding carboxylic acids is 2. The van der Waals surface area contributed by atoms with Gasteiger partial charge in [0.25, 0.3) is 0 Å². The molecule has 1 aliphatic carbocycles. The van der Waals surface area contributed by atoms with Crippen LogP contribution in [0.3, 0.4) is 0 Å². The zero-order chi connectivity index (χ0) is 21.6. The fraction of sp³-hybridized carbons (Fsp3) is 0.680. The average Bonchev–Trinajstić information content (AvgIpc) is 3.04. The van der Waals surface area contributed by atoms with Gasteiger partial charge in [-0.25, -0.2) is 4.39 Å². The van der Waals surface area contributed by atoms with Crippen LogP contribution in [-0.2, 0) is 20.9 Å². The van der Waals surface area contributed by atoms with Crippen molar-refractivity contribution in [1.29, 1.82) is 0 Å². The van der Waals surface area contributed by atoms with Crippen LogP contribution in [0, 0.1) is 23.6 Å². The summed E-state index contributed by atoms with van der Waals surface area (Å²) in [4.78, 5) is 29.1. The summed E-state index contributed by atoms with van der Waals surface area (Å²) in [6.07, 6.45) is 8.16. The predicted molar refractivity (Wildman–Crippen MR) is 117 cm³/mol. The smallest absolute Gasteiger partial charge is 0.233 e. The number of nitrogens with zero attached hydrogens (tertiary/aromatic N) is 2. The van der Waals surface area contributed by atoms with E-state index in [0.717, 1.165) is 83.2 Å². The maximum Gasteiger partial charge on any atom is 0.233 e. The minimum Gasteiger partial charge on any atom is -0.376 e. The summed E-state index contributed by atoms with van der Waals surface area (Å²) in [6.45, 7) is 5.08. The SMILES string of the molecule is O=C1C2CCCCC2C(=O)N1CCCCN1CCC(COCc2ccc(F)cc2)CC1. The summed E-state index contributed by atoms with van der Waals surface area (Å²) < 4.78 is 18.8. The van der Waals surface area contributed by atoms with Crippen LogP contribution >= 0.6 is 0 Å². The van der Waals surface area contributed by atoms with E-state index in [1.165, 1.54) is 12.1 Å². The Morgan fingerprint density at radius 1 is 0.871 bits per heavy atom. The molecule has 2 atom stereocenters. The van der Waals surface area contributed by atoms with E-state index in [4.69, 9.17) is 4.74 Å². The number of carbonyl (C=O) groups is 2. The molecule has 2 unspecified atom stereocenters. The molecule has 0 spiro atoms. The first-order chi connectivity index (χ1) is 15.1. The normalized spacial score (nSPS) is 25.3. The molecule has 0 aromatic heterocycles. The minimum atomic E-state index is -0.215. The van der Waals surface area contributed by atoms with Gasteiger partial charge in [0.05, 0.1) is 18.4 Å². The maximum atomic E-state index is 12.9. The Balaban J connectivity index is 1.08. The van der Waals surface area contributed by atoms with Crippen molar-refractivity contribution in [2.75, 3.05) is 32.8 Å². The summed E-state index contributed by atoms with van der Waals surface area (Å²) in [5.74, 6) is 0.510. The summed E-state index contributed by atoms with van der Waals surface area (Å²) >= 11 is 0. The number of likely N-dealkylation sites (tertiary alicyclic amines) is 2. The first-order valence-corrected chi connectivity index (χ1v) is 12.0. The molecule has 6 heteroatoms. The summed E-state index contributed by atoms with van der Waals surface area (Å²) in [6, 6.07) is 6.49. The third-order valence-electron chi connectivity index (χ3n) is 7.28. The summed E-state index contributed by atoms with van der Waals surface area (Å²) in [5, 5.41) is 0. The molecule has 5 nitrogen and oxygen atoms in total. The average molecular weight is 431 g/mol. The van der Waals surface area contributed by atoms with Crippen molar-refractivity contribution in [1.82, 2.24) is 9.80 Å². The van der Waals surface area contributed by atoms with Crippen LogP contribution in [0.1, 0.15) is 56.9 Å². The molecular formula is C25H35FN2O3. The number of amides is 2. The van der Waals surface area contributed by atoms with Gasteiger partial charge in [-0.3, -0.25) is 14.5 Å². The van der Waals surface area contributed by atoms with E-state index >= 15 is 0 Å². The molecule has 3 fully saturated rings. The number of fused-ring (bicyclic) bond motifs is 1. The monoisotopic (exact) mass is 430 g/mol. The molecule has 1 aromatic rings. The van der Waals surface area contributed by atoms with Crippen molar-refractivity contribution < 1.29 is 18.7 Å².